The average molecular weight is 399 g/mol. The molecule has 128 valence electrons. The Bertz CT molecular complexity index is 822. The molecule has 1 atom stereocenters. The second-order valence-electron chi connectivity index (χ2n) is 6.64. The van der Waals surface area contributed by atoms with Crippen molar-refractivity contribution in [3.63, 3.8) is 0 Å². The maximum Gasteiger partial charge on any atom is 0.242 e. The van der Waals surface area contributed by atoms with E-state index in [9.17, 15) is 9.59 Å². The van der Waals surface area contributed by atoms with Crippen molar-refractivity contribution in [2.75, 3.05) is 13.1 Å². The van der Waals surface area contributed by atoms with Crippen molar-refractivity contribution in [1.82, 2.24) is 9.80 Å². The highest BCUT2D eigenvalue weighted by atomic mass is 79.9. The number of carbonyl (C=O) groups excluding carboxylic acids is 2. The lowest BCUT2D eigenvalue weighted by Crippen LogP contribution is -2.41. The van der Waals surface area contributed by atoms with Gasteiger partial charge in [-0.25, -0.2) is 0 Å². The SMILES string of the molecule is O=C1CC2c3cc(Br)ccc3CCN2C(=O)CN1Cc1ccccc1. The second-order valence-corrected chi connectivity index (χ2v) is 7.55. The van der Waals surface area contributed by atoms with Gasteiger partial charge in [-0.3, -0.25) is 9.59 Å². The van der Waals surface area contributed by atoms with Crippen molar-refractivity contribution >= 4 is 27.7 Å². The van der Waals surface area contributed by atoms with E-state index in [0.717, 1.165) is 22.0 Å². The molecule has 4 rings (SSSR count). The van der Waals surface area contributed by atoms with Crippen molar-refractivity contribution in [2.24, 2.45) is 0 Å². The highest BCUT2D eigenvalue weighted by Crippen LogP contribution is 2.36. The first-order chi connectivity index (χ1) is 12.1. The Kier molecular flexibility index (Phi) is 4.34. The molecule has 0 spiro atoms. The van der Waals surface area contributed by atoms with Crippen LogP contribution in [0.25, 0.3) is 0 Å². The molecular formula is C20H19BrN2O2. The van der Waals surface area contributed by atoms with Crippen LogP contribution in [0, 0.1) is 0 Å². The molecule has 2 aromatic rings. The minimum Gasteiger partial charge on any atom is -0.333 e. The largest absolute Gasteiger partial charge is 0.333 e. The number of rotatable bonds is 2. The number of carbonyl (C=O) groups is 2. The van der Waals surface area contributed by atoms with Crippen LogP contribution in [0.1, 0.15) is 29.2 Å². The van der Waals surface area contributed by atoms with Gasteiger partial charge in [0.05, 0.1) is 12.5 Å². The highest BCUT2D eigenvalue weighted by molar-refractivity contribution is 9.10. The quantitative estimate of drug-likeness (QED) is 0.778. The third kappa shape index (κ3) is 3.21. The number of hydrogen-bond donors (Lipinski definition) is 0. The molecule has 2 heterocycles. The Morgan fingerprint density at radius 3 is 2.64 bits per heavy atom. The van der Waals surface area contributed by atoms with Gasteiger partial charge in [0.2, 0.25) is 11.8 Å². The summed E-state index contributed by atoms with van der Waals surface area (Å²) >= 11 is 3.51. The zero-order valence-electron chi connectivity index (χ0n) is 13.8. The van der Waals surface area contributed by atoms with Gasteiger partial charge in [-0.05, 0) is 35.2 Å². The van der Waals surface area contributed by atoms with Crippen LogP contribution in [-0.2, 0) is 22.6 Å². The molecule has 0 aliphatic carbocycles. The fourth-order valence-corrected chi connectivity index (χ4v) is 4.15. The van der Waals surface area contributed by atoms with Gasteiger partial charge >= 0.3 is 0 Å². The van der Waals surface area contributed by atoms with E-state index in [1.54, 1.807) is 4.90 Å². The van der Waals surface area contributed by atoms with Crippen molar-refractivity contribution in [3.8, 4) is 0 Å². The van der Waals surface area contributed by atoms with Crippen molar-refractivity contribution in [2.45, 2.75) is 25.4 Å². The summed E-state index contributed by atoms with van der Waals surface area (Å²) in [6.45, 7) is 1.33. The Morgan fingerprint density at radius 1 is 1.04 bits per heavy atom. The summed E-state index contributed by atoms with van der Waals surface area (Å²) in [6, 6.07) is 15.9. The maximum absolute atomic E-state index is 12.8. The molecule has 25 heavy (non-hydrogen) atoms. The third-order valence-corrected chi connectivity index (χ3v) is 5.54. The van der Waals surface area contributed by atoms with Crippen LogP contribution in [0.3, 0.4) is 0 Å². The van der Waals surface area contributed by atoms with E-state index in [1.165, 1.54) is 5.56 Å². The Balaban J connectivity index is 1.63. The van der Waals surface area contributed by atoms with Crippen molar-refractivity contribution in [1.29, 1.82) is 0 Å². The minimum absolute atomic E-state index is 0.0393. The maximum atomic E-state index is 12.8. The number of hydrogen-bond acceptors (Lipinski definition) is 2. The lowest BCUT2D eigenvalue weighted by Gasteiger charge is -2.35. The molecular weight excluding hydrogens is 380 g/mol. The minimum atomic E-state index is -0.151. The summed E-state index contributed by atoms with van der Waals surface area (Å²) in [7, 11) is 0. The van der Waals surface area contributed by atoms with Gasteiger partial charge in [-0.1, -0.05) is 52.3 Å². The lowest BCUT2D eigenvalue weighted by molar-refractivity contribution is -0.137. The van der Waals surface area contributed by atoms with Gasteiger partial charge in [0.15, 0.2) is 0 Å². The van der Waals surface area contributed by atoms with Crippen molar-refractivity contribution in [3.05, 3.63) is 69.7 Å². The molecule has 0 saturated carbocycles. The Morgan fingerprint density at radius 2 is 1.84 bits per heavy atom. The van der Waals surface area contributed by atoms with E-state index in [4.69, 9.17) is 0 Å². The van der Waals surface area contributed by atoms with E-state index in [2.05, 4.69) is 28.1 Å². The summed E-state index contributed by atoms with van der Waals surface area (Å²) in [6.07, 6.45) is 1.19. The van der Waals surface area contributed by atoms with Crippen LogP contribution < -0.4 is 0 Å². The van der Waals surface area contributed by atoms with Crippen molar-refractivity contribution < 1.29 is 9.59 Å². The standard InChI is InChI=1S/C20H19BrN2O2/c21-16-7-6-15-8-9-23-18(17(15)10-16)11-19(24)22(13-20(23)25)12-14-4-2-1-3-5-14/h1-7,10,18H,8-9,11-13H2. The van der Waals surface area contributed by atoms with Crippen LogP contribution in [0.5, 0.6) is 0 Å². The van der Waals surface area contributed by atoms with Crippen LogP contribution in [0.4, 0.5) is 0 Å². The Labute approximate surface area is 155 Å². The zero-order chi connectivity index (χ0) is 17.4. The molecule has 2 amide bonds. The zero-order valence-corrected chi connectivity index (χ0v) is 15.4. The molecule has 2 aliphatic rings. The van der Waals surface area contributed by atoms with Crippen LogP contribution in [-0.4, -0.2) is 34.7 Å². The molecule has 2 aliphatic heterocycles. The predicted molar refractivity (Wildman–Crippen MR) is 98.8 cm³/mol. The number of fused-ring (bicyclic) bond motifs is 3. The first-order valence-electron chi connectivity index (χ1n) is 8.51. The fourth-order valence-electron chi connectivity index (χ4n) is 3.77. The topological polar surface area (TPSA) is 40.6 Å². The van der Waals surface area contributed by atoms with E-state index in [0.29, 0.717) is 19.5 Å². The fraction of sp³-hybridized carbons (Fsp3) is 0.300. The molecule has 0 N–H and O–H groups in total. The molecule has 0 radical (unpaired) electrons. The van der Waals surface area contributed by atoms with Gasteiger partial charge in [0.1, 0.15) is 6.54 Å². The van der Waals surface area contributed by atoms with Gasteiger partial charge in [0.25, 0.3) is 0 Å². The summed E-state index contributed by atoms with van der Waals surface area (Å²) in [4.78, 5) is 29.2. The highest BCUT2D eigenvalue weighted by Gasteiger charge is 2.37. The summed E-state index contributed by atoms with van der Waals surface area (Å²) in [5, 5.41) is 0. The Hall–Kier alpha value is -2.14. The van der Waals surface area contributed by atoms with Gasteiger partial charge in [0, 0.05) is 17.6 Å². The first-order valence-corrected chi connectivity index (χ1v) is 9.30. The number of amides is 2. The van der Waals surface area contributed by atoms with E-state index in [-0.39, 0.29) is 24.4 Å². The van der Waals surface area contributed by atoms with Gasteiger partial charge < -0.3 is 9.80 Å². The van der Waals surface area contributed by atoms with Crippen LogP contribution >= 0.6 is 15.9 Å². The molecule has 2 aromatic carbocycles. The average Bonchev–Trinajstić information content (AvgIpc) is 2.73. The summed E-state index contributed by atoms with van der Waals surface area (Å²) in [5.74, 6) is 0.0786. The smallest absolute Gasteiger partial charge is 0.242 e. The number of benzene rings is 2. The summed E-state index contributed by atoms with van der Waals surface area (Å²) < 4.78 is 0.985. The van der Waals surface area contributed by atoms with E-state index < -0.39 is 0 Å². The molecule has 4 nitrogen and oxygen atoms in total. The first kappa shape index (κ1) is 16.3. The second kappa shape index (κ2) is 6.64. The third-order valence-electron chi connectivity index (χ3n) is 5.05. The summed E-state index contributed by atoms with van der Waals surface area (Å²) in [5.41, 5.74) is 3.39. The molecule has 5 heteroatoms. The molecule has 0 bridgehead atoms. The molecule has 1 fully saturated rings. The number of nitrogens with zero attached hydrogens (tertiary/aromatic N) is 2. The predicted octanol–water partition coefficient (Wildman–Crippen LogP) is 3.31. The normalized spacial score (nSPS) is 20.1. The van der Waals surface area contributed by atoms with Gasteiger partial charge in [-0.15, -0.1) is 0 Å². The van der Waals surface area contributed by atoms with Crippen LogP contribution in [0.2, 0.25) is 0 Å². The monoisotopic (exact) mass is 398 g/mol. The molecule has 0 aromatic heterocycles. The van der Waals surface area contributed by atoms with Gasteiger partial charge in [-0.2, -0.15) is 0 Å². The van der Waals surface area contributed by atoms with E-state index in [1.807, 2.05) is 41.3 Å². The lowest BCUT2D eigenvalue weighted by atomic mass is 9.91. The molecule has 1 saturated heterocycles. The number of halogens is 1. The van der Waals surface area contributed by atoms with E-state index >= 15 is 0 Å². The van der Waals surface area contributed by atoms with Crippen LogP contribution in [0.15, 0.2) is 53.0 Å². The molecule has 1 unspecified atom stereocenters.